The molecule has 2 aromatic rings. The summed E-state index contributed by atoms with van der Waals surface area (Å²) in [5, 5.41) is 3.97. The minimum Gasteiger partial charge on any atom is -0.496 e. The molecule has 1 amide bonds. The normalized spacial score (nSPS) is 10.8. The summed E-state index contributed by atoms with van der Waals surface area (Å²) >= 11 is 6.92. The first kappa shape index (κ1) is 21.4. The first-order chi connectivity index (χ1) is 13.0. The van der Waals surface area contributed by atoms with E-state index in [2.05, 4.69) is 49.3 Å². The van der Waals surface area contributed by atoms with Crippen LogP contribution in [0.15, 0.2) is 50.4 Å². The molecule has 0 aliphatic rings. The van der Waals surface area contributed by atoms with Gasteiger partial charge in [-0.2, -0.15) is 5.10 Å². The van der Waals surface area contributed by atoms with Gasteiger partial charge in [-0.1, -0.05) is 13.0 Å². The second-order valence-corrected chi connectivity index (χ2v) is 7.47. The van der Waals surface area contributed by atoms with Gasteiger partial charge in [-0.3, -0.25) is 4.79 Å². The molecule has 0 saturated carbocycles. The highest BCUT2D eigenvalue weighted by Crippen LogP contribution is 2.26. The van der Waals surface area contributed by atoms with Gasteiger partial charge in [-0.15, -0.1) is 0 Å². The minimum atomic E-state index is -0.150. The van der Waals surface area contributed by atoms with Crippen molar-refractivity contribution < 1.29 is 14.3 Å². The second kappa shape index (κ2) is 11.1. The van der Waals surface area contributed by atoms with Crippen molar-refractivity contribution in [2.24, 2.45) is 5.10 Å². The number of amides is 1. The number of nitrogens with one attached hydrogen (secondary N) is 1. The monoisotopic (exact) mass is 496 g/mol. The molecule has 27 heavy (non-hydrogen) atoms. The van der Waals surface area contributed by atoms with E-state index < -0.39 is 0 Å². The van der Waals surface area contributed by atoms with Crippen LogP contribution in [0.25, 0.3) is 0 Å². The Balaban J connectivity index is 1.71. The number of hydrogen-bond acceptors (Lipinski definition) is 4. The van der Waals surface area contributed by atoms with Crippen LogP contribution in [0.1, 0.15) is 30.9 Å². The van der Waals surface area contributed by atoms with Crippen LogP contribution in [0.5, 0.6) is 11.5 Å². The fraction of sp³-hybridized carbons (Fsp3) is 0.300. The molecule has 0 radical (unpaired) electrons. The molecule has 0 saturated heterocycles. The summed E-state index contributed by atoms with van der Waals surface area (Å²) in [4.78, 5) is 11.8. The molecule has 5 nitrogen and oxygen atoms in total. The third-order valence-electron chi connectivity index (χ3n) is 3.79. The van der Waals surface area contributed by atoms with E-state index in [4.69, 9.17) is 9.47 Å². The predicted octanol–water partition coefficient (Wildman–Crippen LogP) is 5.09. The Morgan fingerprint density at radius 1 is 1.15 bits per heavy atom. The summed E-state index contributed by atoms with van der Waals surface area (Å²) in [6.45, 7) is 2.57. The zero-order chi connectivity index (χ0) is 19.6. The average molecular weight is 498 g/mol. The van der Waals surface area contributed by atoms with Crippen LogP contribution in [0.2, 0.25) is 0 Å². The van der Waals surface area contributed by atoms with Crippen molar-refractivity contribution in [2.45, 2.75) is 26.2 Å². The van der Waals surface area contributed by atoms with Crippen molar-refractivity contribution >= 4 is 44.0 Å². The van der Waals surface area contributed by atoms with E-state index in [0.29, 0.717) is 19.4 Å². The summed E-state index contributed by atoms with van der Waals surface area (Å²) < 4.78 is 12.6. The molecule has 0 aliphatic carbocycles. The highest BCUT2D eigenvalue weighted by atomic mass is 79.9. The highest BCUT2D eigenvalue weighted by Gasteiger charge is 2.04. The maximum absolute atomic E-state index is 11.8. The number of nitrogens with zero attached hydrogens (tertiary/aromatic N) is 1. The zero-order valence-corrected chi connectivity index (χ0v) is 18.5. The smallest absolute Gasteiger partial charge is 0.240 e. The third kappa shape index (κ3) is 6.99. The lowest BCUT2D eigenvalue weighted by atomic mass is 10.2. The molecule has 2 aromatic carbocycles. The number of methoxy groups -OCH3 is 1. The number of rotatable bonds is 9. The molecule has 1 N–H and O–H groups in total. The maximum Gasteiger partial charge on any atom is 0.240 e. The number of carbonyl (C=O) groups excluding carboxylic acids is 1. The van der Waals surface area contributed by atoms with E-state index in [1.165, 1.54) is 5.56 Å². The Kier molecular flexibility index (Phi) is 8.81. The Morgan fingerprint density at radius 2 is 1.89 bits per heavy atom. The largest absolute Gasteiger partial charge is 0.496 e. The number of halogens is 2. The van der Waals surface area contributed by atoms with Crippen molar-refractivity contribution in [2.75, 3.05) is 13.7 Å². The van der Waals surface area contributed by atoms with Crippen molar-refractivity contribution in [1.29, 1.82) is 0 Å². The zero-order valence-electron chi connectivity index (χ0n) is 15.3. The highest BCUT2D eigenvalue weighted by molar-refractivity contribution is 9.10. The van der Waals surface area contributed by atoms with Crippen LogP contribution in [-0.4, -0.2) is 25.8 Å². The average Bonchev–Trinajstić information content (AvgIpc) is 2.66. The summed E-state index contributed by atoms with van der Waals surface area (Å²) in [6, 6.07) is 11.6. The summed E-state index contributed by atoms with van der Waals surface area (Å²) in [5.41, 5.74) is 4.62. The Bertz CT molecular complexity index is 810. The van der Waals surface area contributed by atoms with Crippen LogP contribution in [0.3, 0.4) is 0 Å². The summed E-state index contributed by atoms with van der Waals surface area (Å²) in [7, 11) is 1.61. The van der Waals surface area contributed by atoms with Gasteiger partial charge >= 0.3 is 0 Å². The van der Waals surface area contributed by atoms with Crippen LogP contribution < -0.4 is 14.9 Å². The van der Waals surface area contributed by atoms with Crippen molar-refractivity contribution in [3.63, 3.8) is 0 Å². The number of benzene rings is 2. The minimum absolute atomic E-state index is 0.150. The van der Waals surface area contributed by atoms with E-state index in [9.17, 15) is 4.79 Å². The first-order valence-corrected chi connectivity index (χ1v) is 10.2. The molecule has 0 fully saturated rings. The van der Waals surface area contributed by atoms with Gasteiger partial charge in [0.05, 0.1) is 28.9 Å². The molecule has 0 aromatic heterocycles. The number of aryl methyl sites for hydroxylation is 1. The van der Waals surface area contributed by atoms with E-state index in [-0.39, 0.29) is 5.91 Å². The second-order valence-electron chi connectivity index (χ2n) is 5.76. The molecule has 0 atom stereocenters. The predicted molar refractivity (Wildman–Crippen MR) is 115 cm³/mol. The van der Waals surface area contributed by atoms with Gasteiger partial charge in [0.25, 0.3) is 0 Å². The van der Waals surface area contributed by atoms with Gasteiger partial charge in [0.15, 0.2) is 0 Å². The fourth-order valence-electron chi connectivity index (χ4n) is 2.29. The van der Waals surface area contributed by atoms with Gasteiger partial charge < -0.3 is 9.47 Å². The molecule has 0 bridgehead atoms. The van der Waals surface area contributed by atoms with Gasteiger partial charge in [0.1, 0.15) is 11.5 Å². The summed E-state index contributed by atoms with van der Waals surface area (Å²) in [6.07, 6.45) is 3.52. The molecular weight excluding hydrogens is 476 g/mol. The fourth-order valence-corrected chi connectivity index (χ4v) is 3.39. The standard InChI is InChI=1S/C20H22Br2N2O3/c1-3-14-6-9-19(17(22)11-14)27-10-4-5-20(25)24-23-13-15-7-8-18(26-2)16(21)12-15/h6-9,11-13H,3-5,10H2,1-2H3,(H,24,25)/b23-13+. The third-order valence-corrected chi connectivity index (χ3v) is 5.03. The molecule has 2 rings (SSSR count). The molecule has 0 aliphatic heterocycles. The van der Waals surface area contributed by atoms with Crippen LogP contribution in [0, 0.1) is 0 Å². The Morgan fingerprint density at radius 3 is 2.56 bits per heavy atom. The molecule has 0 spiro atoms. The number of hydrazone groups is 1. The SMILES string of the molecule is CCc1ccc(OCCCC(=O)N/N=C/c2ccc(OC)c(Br)c2)c(Br)c1. The Hall–Kier alpha value is -1.86. The van der Waals surface area contributed by atoms with Gasteiger partial charge in [0, 0.05) is 6.42 Å². The van der Waals surface area contributed by atoms with Gasteiger partial charge in [-0.25, -0.2) is 5.43 Å². The molecular formula is C20H22Br2N2O3. The van der Waals surface area contributed by atoms with Crippen molar-refractivity contribution in [3.05, 3.63) is 56.5 Å². The van der Waals surface area contributed by atoms with Crippen LogP contribution in [-0.2, 0) is 11.2 Å². The first-order valence-electron chi connectivity index (χ1n) is 8.60. The van der Waals surface area contributed by atoms with Crippen LogP contribution >= 0.6 is 31.9 Å². The quantitative estimate of drug-likeness (QED) is 0.298. The number of hydrogen-bond donors (Lipinski definition) is 1. The molecule has 0 heterocycles. The lowest BCUT2D eigenvalue weighted by Crippen LogP contribution is -2.18. The Labute approximate surface area is 176 Å². The lowest BCUT2D eigenvalue weighted by molar-refractivity contribution is -0.121. The van der Waals surface area contributed by atoms with E-state index in [1.54, 1.807) is 13.3 Å². The van der Waals surface area contributed by atoms with Crippen LogP contribution in [0.4, 0.5) is 0 Å². The van der Waals surface area contributed by atoms with E-state index in [1.807, 2.05) is 36.4 Å². The molecule has 7 heteroatoms. The number of ether oxygens (including phenoxy) is 2. The topological polar surface area (TPSA) is 59.9 Å². The maximum atomic E-state index is 11.8. The molecule has 144 valence electrons. The van der Waals surface area contributed by atoms with Gasteiger partial charge in [0.2, 0.25) is 5.91 Å². The van der Waals surface area contributed by atoms with Crippen molar-refractivity contribution in [1.82, 2.24) is 5.43 Å². The van der Waals surface area contributed by atoms with Gasteiger partial charge in [-0.05, 0) is 86.2 Å². The lowest BCUT2D eigenvalue weighted by Gasteiger charge is -2.09. The summed E-state index contributed by atoms with van der Waals surface area (Å²) in [5.74, 6) is 1.38. The van der Waals surface area contributed by atoms with E-state index in [0.717, 1.165) is 32.4 Å². The number of carbonyl (C=O) groups is 1. The van der Waals surface area contributed by atoms with Crippen molar-refractivity contribution in [3.8, 4) is 11.5 Å². The van der Waals surface area contributed by atoms with E-state index >= 15 is 0 Å². The molecule has 0 unspecified atom stereocenters.